The molecule has 0 saturated heterocycles. The van der Waals surface area contributed by atoms with Crippen molar-refractivity contribution in [1.82, 2.24) is 4.57 Å². The van der Waals surface area contributed by atoms with E-state index in [1.165, 1.54) is 4.57 Å². The Morgan fingerprint density at radius 1 is 1.15 bits per heavy atom. The molecule has 2 aliphatic rings. The number of fused-ring (bicyclic) bond motifs is 2. The van der Waals surface area contributed by atoms with E-state index in [-0.39, 0.29) is 28.2 Å². The van der Waals surface area contributed by atoms with E-state index in [1.54, 1.807) is 57.4 Å². The number of carbonyl (C=O) groups is 2. The van der Waals surface area contributed by atoms with Crippen LogP contribution in [-0.2, 0) is 14.3 Å². The highest BCUT2D eigenvalue weighted by Crippen LogP contribution is 2.32. The molecule has 3 heterocycles. The number of aromatic nitrogens is 1. The van der Waals surface area contributed by atoms with Crippen molar-refractivity contribution in [2.75, 3.05) is 19.0 Å². The highest BCUT2D eigenvalue weighted by molar-refractivity contribution is 7.07. The number of hydrogen-bond donors (Lipinski definition) is 1. The molecule has 2 aromatic carbocycles. The smallest absolute Gasteiger partial charge is 0.338 e. The van der Waals surface area contributed by atoms with Gasteiger partial charge in [0.1, 0.15) is 10.3 Å². The molecule has 0 bridgehead atoms. The van der Waals surface area contributed by atoms with Crippen LogP contribution in [0.5, 0.6) is 5.75 Å². The van der Waals surface area contributed by atoms with Crippen molar-refractivity contribution in [3.8, 4) is 5.75 Å². The highest BCUT2D eigenvalue weighted by atomic mass is 32.1. The summed E-state index contributed by atoms with van der Waals surface area (Å²) in [6, 6.07) is 13.6. The Kier molecular flexibility index (Phi) is 5.41. The molecule has 34 heavy (non-hydrogen) atoms. The van der Waals surface area contributed by atoms with E-state index in [9.17, 15) is 14.4 Å². The highest BCUT2D eigenvalue weighted by Gasteiger charge is 2.35. The third kappa shape index (κ3) is 3.36. The van der Waals surface area contributed by atoms with Gasteiger partial charge in [-0.05, 0) is 37.6 Å². The molecule has 0 radical (unpaired) electrons. The third-order valence-electron chi connectivity index (χ3n) is 5.82. The first-order valence-corrected chi connectivity index (χ1v) is 11.5. The maximum Gasteiger partial charge on any atom is 0.338 e. The molecule has 1 unspecified atom stereocenters. The summed E-state index contributed by atoms with van der Waals surface area (Å²) in [4.78, 5) is 44.6. The fraction of sp³-hybridized carbons (Fsp3) is 0.200. The van der Waals surface area contributed by atoms with Crippen molar-refractivity contribution in [2.45, 2.75) is 19.9 Å². The number of rotatable bonds is 4. The SMILES string of the molecule is CCOC(=O)C1=C(C)N=c2s/c(=C3\C(=O)Nc4ccccc43)c(=O)n2C1c1ccc(OC)cc1. The molecule has 8 nitrogen and oxygen atoms in total. The van der Waals surface area contributed by atoms with E-state index in [2.05, 4.69) is 10.3 Å². The number of anilines is 1. The molecule has 1 amide bonds. The minimum atomic E-state index is -0.754. The van der Waals surface area contributed by atoms with Gasteiger partial charge in [-0.3, -0.25) is 14.2 Å². The van der Waals surface area contributed by atoms with E-state index >= 15 is 0 Å². The number of amides is 1. The Balaban J connectivity index is 1.80. The number of para-hydroxylation sites is 1. The Morgan fingerprint density at radius 3 is 2.59 bits per heavy atom. The van der Waals surface area contributed by atoms with Gasteiger partial charge in [0.25, 0.3) is 11.5 Å². The summed E-state index contributed by atoms with van der Waals surface area (Å²) < 4.78 is 12.3. The molecule has 0 fully saturated rings. The first-order valence-electron chi connectivity index (χ1n) is 10.7. The van der Waals surface area contributed by atoms with Gasteiger partial charge >= 0.3 is 5.97 Å². The molecule has 5 rings (SSSR count). The quantitative estimate of drug-likeness (QED) is 0.583. The minimum absolute atomic E-state index is 0.191. The summed E-state index contributed by atoms with van der Waals surface area (Å²) >= 11 is 1.14. The summed E-state index contributed by atoms with van der Waals surface area (Å²) in [6.07, 6.45) is 0. The lowest BCUT2D eigenvalue weighted by Crippen LogP contribution is -2.40. The maximum atomic E-state index is 13.8. The van der Waals surface area contributed by atoms with Crippen LogP contribution in [0.2, 0.25) is 0 Å². The van der Waals surface area contributed by atoms with Gasteiger partial charge < -0.3 is 14.8 Å². The van der Waals surface area contributed by atoms with Crippen molar-refractivity contribution in [2.24, 2.45) is 4.99 Å². The summed E-state index contributed by atoms with van der Waals surface area (Å²) in [5.41, 5.74) is 2.70. The van der Waals surface area contributed by atoms with Gasteiger partial charge in [0.15, 0.2) is 4.80 Å². The van der Waals surface area contributed by atoms with Crippen molar-refractivity contribution in [3.63, 3.8) is 0 Å². The lowest BCUT2D eigenvalue weighted by atomic mass is 9.96. The molecule has 1 aromatic heterocycles. The van der Waals surface area contributed by atoms with Crippen LogP contribution in [0.3, 0.4) is 0 Å². The zero-order chi connectivity index (χ0) is 24.0. The molecular weight excluding hydrogens is 454 g/mol. The predicted octanol–water partition coefficient (Wildman–Crippen LogP) is 2.13. The van der Waals surface area contributed by atoms with Crippen LogP contribution < -0.4 is 24.9 Å². The first kappa shape index (κ1) is 21.8. The molecule has 3 aromatic rings. The van der Waals surface area contributed by atoms with Gasteiger partial charge in [-0.25, -0.2) is 9.79 Å². The van der Waals surface area contributed by atoms with Gasteiger partial charge in [0.05, 0.1) is 36.6 Å². The summed E-state index contributed by atoms with van der Waals surface area (Å²) in [7, 11) is 1.57. The van der Waals surface area contributed by atoms with Gasteiger partial charge in [0, 0.05) is 11.3 Å². The topological polar surface area (TPSA) is 99.0 Å². The second-order valence-corrected chi connectivity index (χ2v) is 8.75. The van der Waals surface area contributed by atoms with Crippen molar-refractivity contribution < 1.29 is 19.1 Å². The van der Waals surface area contributed by atoms with Gasteiger partial charge in [-0.2, -0.15) is 0 Å². The largest absolute Gasteiger partial charge is 0.497 e. The molecule has 9 heteroatoms. The lowest BCUT2D eigenvalue weighted by Gasteiger charge is -2.24. The van der Waals surface area contributed by atoms with Crippen LogP contribution in [-0.4, -0.2) is 30.2 Å². The molecule has 1 atom stereocenters. The Morgan fingerprint density at radius 2 is 1.88 bits per heavy atom. The van der Waals surface area contributed by atoms with Crippen molar-refractivity contribution >= 4 is 34.5 Å². The number of carbonyl (C=O) groups excluding carboxylic acids is 2. The van der Waals surface area contributed by atoms with Crippen LogP contribution in [0.1, 0.15) is 31.0 Å². The molecule has 0 aliphatic carbocycles. The predicted molar refractivity (Wildman–Crippen MR) is 127 cm³/mol. The molecule has 0 spiro atoms. The summed E-state index contributed by atoms with van der Waals surface area (Å²) in [5, 5.41) is 2.82. The van der Waals surface area contributed by atoms with Gasteiger partial charge in [0.2, 0.25) is 0 Å². The van der Waals surface area contributed by atoms with E-state index in [0.717, 1.165) is 11.3 Å². The van der Waals surface area contributed by atoms with Gasteiger partial charge in [-0.15, -0.1) is 0 Å². The van der Waals surface area contributed by atoms with E-state index in [1.807, 2.05) is 12.1 Å². The Labute approximate surface area is 198 Å². The molecule has 1 N–H and O–H groups in total. The van der Waals surface area contributed by atoms with Crippen molar-refractivity contribution in [1.29, 1.82) is 0 Å². The van der Waals surface area contributed by atoms with E-state index in [0.29, 0.717) is 38.6 Å². The second kappa shape index (κ2) is 8.42. The summed E-state index contributed by atoms with van der Waals surface area (Å²) in [5.74, 6) is -0.226. The molecular formula is C25H21N3O5S. The fourth-order valence-corrected chi connectivity index (χ4v) is 5.43. The number of nitrogens with one attached hydrogen (secondary N) is 1. The zero-order valence-electron chi connectivity index (χ0n) is 18.7. The third-order valence-corrected chi connectivity index (χ3v) is 6.88. The number of esters is 1. The van der Waals surface area contributed by atoms with Crippen molar-refractivity contribution in [3.05, 3.63) is 90.6 Å². The maximum absolute atomic E-state index is 13.8. The Hall–Kier alpha value is -3.98. The number of allylic oxidation sites excluding steroid dienone is 1. The number of thiazole rings is 1. The minimum Gasteiger partial charge on any atom is -0.497 e. The number of nitrogens with zero attached hydrogens (tertiary/aromatic N) is 2. The first-order chi connectivity index (χ1) is 16.4. The normalized spacial score (nSPS) is 18.1. The second-order valence-electron chi connectivity index (χ2n) is 7.77. The van der Waals surface area contributed by atoms with Gasteiger partial charge in [-0.1, -0.05) is 41.7 Å². The number of benzene rings is 2. The molecule has 2 aliphatic heterocycles. The number of ether oxygens (including phenoxy) is 2. The number of methoxy groups -OCH3 is 1. The number of hydrogen-bond acceptors (Lipinski definition) is 7. The van der Waals surface area contributed by atoms with E-state index in [4.69, 9.17) is 9.47 Å². The lowest BCUT2D eigenvalue weighted by molar-refractivity contribution is -0.139. The fourth-order valence-electron chi connectivity index (χ4n) is 4.29. The Bertz CT molecular complexity index is 1550. The average molecular weight is 476 g/mol. The molecule has 0 saturated carbocycles. The van der Waals surface area contributed by atoms with Crippen LogP contribution in [0.15, 0.2) is 69.6 Å². The van der Waals surface area contributed by atoms with E-state index < -0.39 is 12.0 Å². The average Bonchev–Trinajstić information content (AvgIpc) is 3.33. The van der Waals surface area contributed by atoms with Crippen LogP contribution in [0.25, 0.3) is 5.57 Å². The standard InChI is InChI=1S/C25H21N3O5S/c1-4-33-24(31)18-13(2)26-25-28(20(18)14-9-11-15(32-3)12-10-14)23(30)21(34-25)19-16-7-5-6-8-17(16)27-22(19)29/h5-12,20H,4H2,1-3H3,(H,27,29)/b21-19-. The molecule has 172 valence electrons. The van der Waals surface area contributed by atoms with Crippen LogP contribution >= 0.6 is 11.3 Å². The van der Waals surface area contributed by atoms with Crippen LogP contribution in [0, 0.1) is 0 Å². The summed E-state index contributed by atoms with van der Waals surface area (Å²) in [6.45, 7) is 3.64. The zero-order valence-corrected chi connectivity index (χ0v) is 19.6. The van der Waals surface area contributed by atoms with Crippen LogP contribution in [0.4, 0.5) is 5.69 Å². The monoisotopic (exact) mass is 475 g/mol.